The van der Waals surface area contributed by atoms with Crippen molar-refractivity contribution in [3.05, 3.63) is 24.3 Å². The van der Waals surface area contributed by atoms with E-state index in [4.69, 9.17) is 23.5 Å². The standard InChI is InChI=1S/C41H76O12S/c1-3-5-7-9-11-13-15-17-18-20-22-24-26-28-30-37(43)51-35(33-49-31-29-27-25-23-21-19-16-14-12-10-8-6-4-2)34-50-41-39(45)40(53-54(46,47)48)38(44)36(32-42)52-41/h9,11,15,17,35-36,38-42,44-45H,3-8,10,12-14,16,18-34H2,1-2H3,(H,46,47,48)/b11-9-,17-15-. The molecule has 1 aliphatic heterocycles. The summed E-state index contributed by atoms with van der Waals surface area (Å²) < 4.78 is 58.9. The van der Waals surface area contributed by atoms with Gasteiger partial charge < -0.3 is 34.3 Å². The van der Waals surface area contributed by atoms with Gasteiger partial charge in [0.15, 0.2) is 6.29 Å². The van der Waals surface area contributed by atoms with Gasteiger partial charge in [0.2, 0.25) is 0 Å². The highest BCUT2D eigenvalue weighted by Crippen LogP contribution is 2.26. The van der Waals surface area contributed by atoms with Gasteiger partial charge in [-0.3, -0.25) is 9.35 Å². The van der Waals surface area contributed by atoms with Gasteiger partial charge >= 0.3 is 16.4 Å². The molecule has 6 atom stereocenters. The maximum absolute atomic E-state index is 12.8. The van der Waals surface area contributed by atoms with Crippen LogP contribution in [0.2, 0.25) is 0 Å². The number of rotatable bonds is 36. The van der Waals surface area contributed by atoms with Crippen LogP contribution in [-0.4, -0.2) is 97.5 Å². The number of aliphatic hydroxyl groups is 3. The fourth-order valence-electron chi connectivity index (χ4n) is 6.34. The number of aliphatic hydroxyl groups excluding tert-OH is 3. The molecule has 0 saturated carbocycles. The third-order valence-corrected chi connectivity index (χ3v) is 10.0. The number of allylic oxidation sites excluding steroid dienone is 4. The smallest absolute Gasteiger partial charge is 0.397 e. The van der Waals surface area contributed by atoms with Gasteiger partial charge in [0.1, 0.15) is 30.5 Å². The SMILES string of the molecule is CCCC/C=C\C/C=C\CCCCCCCC(=O)OC(COCCCCCCCCCCCCCCC)COC1OC(CO)C(O)C(OS(=O)(=O)O)C1O. The van der Waals surface area contributed by atoms with Crippen LogP contribution in [0, 0.1) is 0 Å². The third kappa shape index (κ3) is 27.2. The molecule has 0 radical (unpaired) electrons. The monoisotopic (exact) mass is 793 g/mol. The van der Waals surface area contributed by atoms with Crippen molar-refractivity contribution < 1.29 is 56.2 Å². The minimum Gasteiger partial charge on any atom is -0.457 e. The summed E-state index contributed by atoms with van der Waals surface area (Å²) in [5.41, 5.74) is 0. The van der Waals surface area contributed by atoms with Crippen molar-refractivity contribution in [2.24, 2.45) is 0 Å². The summed E-state index contributed by atoms with van der Waals surface area (Å²) in [5.74, 6) is -0.413. The molecule has 54 heavy (non-hydrogen) atoms. The molecular formula is C41H76O12S. The molecular weight excluding hydrogens is 717 g/mol. The van der Waals surface area contributed by atoms with Gasteiger partial charge in [-0.05, 0) is 38.5 Å². The number of ether oxygens (including phenoxy) is 4. The lowest BCUT2D eigenvalue weighted by molar-refractivity contribution is -0.301. The quantitative estimate of drug-likeness (QED) is 0.0208. The first kappa shape index (κ1) is 50.6. The lowest BCUT2D eigenvalue weighted by Crippen LogP contribution is -2.60. The van der Waals surface area contributed by atoms with Gasteiger partial charge in [-0.25, -0.2) is 4.18 Å². The maximum Gasteiger partial charge on any atom is 0.397 e. The molecule has 0 aliphatic carbocycles. The fraction of sp³-hybridized carbons (Fsp3) is 0.878. The molecule has 6 unspecified atom stereocenters. The Morgan fingerprint density at radius 3 is 1.81 bits per heavy atom. The Balaban J connectivity index is 2.48. The van der Waals surface area contributed by atoms with E-state index in [9.17, 15) is 28.5 Å². The van der Waals surface area contributed by atoms with Crippen molar-refractivity contribution in [2.75, 3.05) is 26.4 Å². The Morgan fingerprint density at radius 2 is 1.24 bits per heavy atom. The second kappa shape index (κ2) is 33.7. The summed E-state index contributed by atoms with van der Waals surface area (Å²) in [6.07, 6.45) is 26.4. The van der Waals surface area contributed by atoms with Crippen LogP contribution in [0.4, 0.5) is 0 Å². The molecule has 1 saturated heterocycles. The molecule has 0 aromatic carbocycles. The Hall–Kier alpha value is -1.42. The van der Waals surface area contributed by atoms with E-state index in [2.05, 4.69) is 42.3 Å². The topological polar surface area (TPSA) is 178 Å². The molecule has 1 rings (SSSR count). The van der Waals surface area contributed by atoms with E-state index in [0.717, 1.165) is 64.2 Å². The van der Waals surface area contributed by atoms with Crippen molar-refractivity contribution in [1.82, 2.24) is 0 Å². The number of esters is 1. The normalized spacial score (nSPS) is 21.3. The molecule has 0 aromatic rings. The Morgan fingerprint density at radius 1 is 0.704 bits per heavy atom. The molecule has 4 N–H and O–H groups in total. The van der Waals surface area contributed by atoms with Crippen LogP contribution < -0.4 is 0 Å². The van der Waals surface area contributed by atoms with Gasteiger partial charge in [-0.15, -0.1) is 0 Å². The van der Waals surface area contributed by atoms with Crippen molar-refractivity contribution in [2.45, 2.75) is 205 Å². The van der Waals surface area contributed by atoms with E-state index in [0.29, 0.717) is 13.0 Å². The van der Waals surface area contributed by atoms with Crippen LogP contribution in [0.5, 0.6) is 0 Å². The highest BCUT2D eigenvalue weighted by Gasteiger charge is 2.48. The second-order valence-electron chi connectivity index (χ2n) is 14.6. The van der Waals surface area contributed by atoms with Gasteiger partial charge in [-0.1, -0.05) is 147 Å². The first-order valence-electron chi connectivity index (χ1n) is 21.1. The van der Waals surface area contributed by atoms with Gasteiger partial charge in [0.05, 0.1) is 19.8 Å². The molecule has 318 valence electrons. The third-order valence-electron chi connectivity index (χ3n) is 9.58. The highest BCUT2D eigenvalue weighted by atomic mass is 32.3. The van der Waals surface area contributed by atoms with E-state index in [1.165, 1.54) is 77.0 Å². The molecule has 1 fully saturated rings. The minimum absolute atomic E-state index is 0.0336. The molecule has 0 spiro atoms. The lowest BCUT2D eigenvalue weighted by atomic mass is 9.99. The predicted molar refractivity (Wildman–Crippen MR) is 211 cm³/mol. The Bertz CT molecular complexity index is 1050. The van der Waals surface area contributed by atoms with E-state index < -0.39 is 59.8 Å². The molecule has 13 heteroatoms. The summed E-state index contributed by atoms with van der Waals surface area (Å²) >= 11 is 0. The van der Waals surface area contributed by atoms with Crippen molar-refractivity contribution >= 4 is 16.4 Å². The summed E-state index contributed by atoms with van der Waals surface area (Å²) in [5, 5.41) is 30.6. The zero-order valence-electron chi connectivity index (χ0n) is 33.5. The van der Waals surface area contributed by atoms with Crippen molar-refractivity contribution in [3.8, 4) is 0 Å². The summed E-state index contributed by atoms with van der Waals surface area (Å²) in [6, 6.07) is 0. The molecule has 0 aromatic heterocycles. The average molecular weight is 793 g/mol. The zero-order valence-corrected chi connectivity index (χ0v) is 34.4. The summed E-state index contributed by atoms with van der Waals surface area (Å²) in [4.78, 5) is 12.8. The number of carbonyl (C=O) groups is 1. The summed E-state index contributed by atoms with van der Waals surface area (Å²) in [7, 11) is -5.06. The van der Waals surface area contributed by atoms with E-state index >= 15 is 0 Å². The molecule has 0 bridgehead atoms. The van der Waals surface area contributed by atoms with Crippen molar-refractivity contribution in [1.29, 1.82) is 0 Å². The van der Waals surface area contributed by atoms with Crippen LogP contribution in [0.1, 0.15) is 168 Å². The van der Waals surface area contributed by atoms with Gasteiger partial charge in [0.25, 0.3) is 0 Å². The number of hydrogen-bond donors (Lipinski definition) is 4. The van der Waals surface area contributed by atoms with E-state index in [1.54, 1.807) is 0 Å². The maximum atomic E-state index is 12.8. The highest BCUT2D eigenvalue weighted by molar-refractivity contribution is 7.80. The second-order valence-corrected chi connectivity index (χ2v) is 15.6. The van der Waals surface area contributed by atoms with Crippen LogP contribution in [0.15, 0.2) is 24.3 Å². The largest absolute Gasteiger partial charge is 0.457 e. The minimum atomic E-state index is -5.06. The van der Waals surface area contributed by atoms with Crippen LogP contribution >= 0.6 is 0 Å². The number of unbranched alkanes of at least 4 members (excludes halogenated alkanes) is 19. The molecule has 0 amide bonds. The van der Waals surface area contributed by atoms with E-state index in [-0.39, 0.29) is 19.6 Å². The first-order valence-corrected chi connectivity index (χ1v) is 22.5. The lowest BCUT2D eigenvalue weighted by Gasteiger charge is -2.41. The van der Waals surface area contributed by atoms with Crippen LogP contribution in [-0.2, 0) is 38.3 Å². The van der Waals surface area contributed by atoms with Gasteiger partial charge in [0, 0.05) is 13.0 Å². The van der Waals surface area contributed by atoms with Crippen LogP contribution in [0.25, 0.3) is 0 Å². The zero-order chi connectivity index (χ0) is 39.7. The number of carbonyl (C=O) groups excluding carboxylic acids is 1. The van der Waals surface area contributed by atoms with Crippen LogP contribution in [0.3, 0.4) is 0 Å². The average Bonchev–Trinajstić information content (AvgIpc) is 3.14. The van der Waals surface area contributed by atoms with Crippen molar-refractivity contribution in [3.63, 3.8) is 0 Å². The first-order chi connectivity index (χ1) is 26.1. The predicted octanol–water partition coefficient (Wildman–Crippen LogP) is 8.07. The summed E-state index contributed by atoms with van der Waals surface area (Å²) in [6.45, 7) is 3.93. The van der Waals surface area contributed by atoms with E-state index in [1.807, 2.05) is 0 Å². The Labute approximate surface area is 327 Å². The fourth-order valence-corrected chi connectivity index (χ4v) is 6.84. The van der Waals surface area contributed by atoms with Gasteiger partial charge in [-0.2, -0.15) is 8.42 Å². The molecule has 1 heterocycles. The number of hydrogen-bond acceptors (Lipinski definition) is 11. The molecule has 12 nitrogen and oxygen atoms in total. The molecule has 1 aliphatic rings. The Kier molecular flexibility index (Phi) is 31.6.